The number of nitrogens with one attached hydrogen (secondary N) is 2. The van der Waals surface area contributed by atoms with Gasteiger partial charge < -0.3 is 15.7 Å². The molecular weight excluding hydrogens is 264 g/mol. The molecule has 0 spiro atoms. The number of amides is 1. The maximum absolute atomic E-state index is 12.3. The molecule has 0 unspecified atom stereocenters. The summed E-state index contributed by atoms with van der Waals surface area (Å²) in [7, 11) is 0. The summed E-state index contributed by atoms with van der Waals surface area (Å²) in [4.78, 5) is 12.3. The van der Waals surface area contributed by atoms with Gasteiger partial charge in [-0.15, -0.1) is 0 Å². The van der Waals surface area contributed by atoms with Gasteiger partial charge in [0.15, 0.2) is 0 Å². The predicted octanol–water partition coefficient (Wildman–Crippen LogP) is 2.12. The Hall–Kier alpha value is -2.33. The first-order chi connectivity index (χ1) is 10.3. The molecule has 0 aliphatic carbocycles. The standard InChI is InChI=1S/C17H18N2O2/c20-11-16(12-4-2-1-3-5-12)19-17(21)14-7-6-13-8-9-18-15(13)10-14/h1-7,10,16,18,20H,8-9,11H2,(H,19,21)/t16-/m0/s1. The zero-order chi connectivity index (χ0) is 14.7. The fourth-order valence-corrected chi connectivity index (χ4v) is 2.59. The molecule has 1 aliphatic heterocycles. The number of anilines is 1. The molecule has 3 rings (SSSR count). The van der Waals surface area contributed by atoms with Crippen molar-refractivity contribution in [2.24, 2.45) is 0 Å². The summed E-state index contributed by atoms with van der Waals surface area (Å²) < 4.78 is 0. The van der Waals surface area contributed by atoms with Crippen molar-refractivity contribution in [2.45, 2.75) is 12.5 Å². The summed E-state index contributed by atoms with van der Waals surface area (Å²) in [6.45, 7) is 0.794. The first kappa shape index (κ1) is 13.6. The van der Waals surface area contributed by atoms with E-state index in [0.717, 1.165) is 24.2 Å². The van der Waals surface area contributed by atoms with Gasteiger partial charge >= 0.3 is 0 Å². The highest BCUT2D eigenvalue weighted by atomic mass is 16.3. The van der Waals surface area contributed by atoms with Crippen LogP contribution in [0.5, 0.6) is 0 Å². The van der Waals surface area contributed by atoms with Crippen molar-refractivity contribution >= 4 is 11.6 Å². The molecule has 1 atom stereocenters. The lowest BCUT2D eigenvalue weighted by molar-refractivity contribution is 0.0916. The molecule has 0 saturated carbocycles. The fourth-order valence-electron chi connectivity index (χ4n) is 2.59. The van der Waals surface area contributed by atoms with E-state index in [1.165, 1.54) is 5.56 Å². The predicted molar refractivity (Wildman–Crippen MR) is 82.4 cm³/mol. The largest absolute Gasteiger partial charge is 0.394 e. The van der Waals surface area contributed by atoms with E-state index in [1.54, 1.807) is 0 Å². The van der Waals surface area contributed by atoms with Gasteiger partial charge in [0.25, 0.3) is 5.91 Å². The van der Waals surface area contributed by atoms with Crippen LogP contribution in [0.15, 0.2) is 48.5 Å². The van der Waals surface area contributed by atoms with Gasteiger partial charge in [-0.1, -0.05) is 36.4 Å². The van der Waals surface area contributed by atoms with Crippen LogP contribution in [0.3, 0.4) is 0 Å². The van der Waals surface area contributed by atoms with Gasteiger partial charge in [0.2, 0.25) is 0 Å². The van der Waals surface area contributed by atoms with E-state index >= 15 is 0 Å². The summed E-state index contributed by atoms with van der Waals surface area (Å²) >= 11 is 0. The molecule has 1 amide bonds. The van der Waals surface area contributed by atoms with Gasteiger partial charge in [0, 0.05) is 17.8 Å². The monoisotopic (exact) mass is 282 g/mol. The van der Waals surface area contributed by atoms with Gasteiger partial charge in [-0.25, -0.2) is 0 Å². The highest BCUT2D eigenvalue weighted by molar-refractivity contribution is 5.95. The zero-order valence-electron chi connectivity index (χ0n) is 11.7. The van der Waals surface area contributed by atoms with Crippen molar-refractivity contribution in [3.8, 4) is 0 Å². The van der Waals surface area contributed by atoms with E-state index in [1.807, 2.05) is 48.5 Å². The van der Waals surface area contributed by atoms with Crippen molar-refractivity contribution in [1.29, 1.82) is 0 Å². The number of benzene rings is 2. The second-order valence-electron chi connectivity index (χ2n) is 5.17. The van der Waals surface area contributed by atoms with Crippen LogP contribution in [-0.4, -0.2) is 24.2 Å². The Kier molecular flexibility index (Phi) is 3.88. The number of fused-ring (bicyclic) bond motifs is 1. The second kappa shape index (κ2) is 5.97. The van der Waals surface area contributed by atoms with Crippen molar-refractivity contribution in [3.05, 3.63) is 65.2 Å². The molecule has 21 heavy (non-hydrogen) atoms. The summed E-state index contributed by atoms with van der Waals surface area (Å²) in [5.74, 6) is -0.172. The third-order valence-corrected chi connectivity index (χ3v) is 3.77. The summed E-state index contributed by atoms with van der Waals surface area (Å²) in [5.41, 5.74) is 3.78. The zero-order valence-corrected chi connectivity index (χ0v) is 11.7. The van der Waals surface area contributed by atoms with Gasteiger partial charge in [0.1, 0.15) is 0 Å². The average Bonchev–Trinajstić information content (AvgIpc) is 3.00. The first-order valence-electron chi connectivity index (χ1n) is 7.11. The molecule has 0 fully saturated rings. The molecule has 108 valence electrons. The third-order valence-electron chi connectivity index (χ3n) is 3.77. The van der Waals surface area contributed by atoms with Crippen LogP contribution >= 0.6 is 0 Å². The van der Waals surface area contributed by atoms with Crippen molar-refractivity contribution in [1.82, 2.24) is 5.32 Å². The van der Waals surface area contributed by atoms with Gasteiger partial charge in [-0.2, -0.15) is 0 Å². The lowest BCUT2D eigenvalue weighted by Gasteiger charge is -2.17. The quantitative estimate of drug-likeness (QED) is 0.805. The molecule has 4 heteroatoms. The minimum Gasteiger partial charge on any atom is -0.394 e. The Balaban J connectivity index is 1.76. The number of hydrogen-bond acceptors (Lipinski definition) is 3. The normalized spacial score (nSPS) is 14.1. The molecule has 1 heterocycles. The number of rotatable bonds is 4. The lowest BCUT2D eigenvalue weighted by Crippen LogP contribution is -2.30. The van der Waals surface area contributed by atoms with E-state index in [0.29, 0.717) is 5.56 Å². The Morgan fingerprint density at radius 1 is 1.24 bits per heavy atom. The fraction of sp³-hybridized carbons (Fsp3) is 0.235. The molecule has 0 saturated heterocycles. The highest BCUT2D eigenvalue weighted by Crippen LogP contribution is 2.23. The molecule has 4 nitrogen and oxygen atoms in total. The van der Waals surface area contributed by atoms with E-state index in [-0.39, 0.29) is 18.6 Å². The number of hydrogen-bond donors (Lipinski definition) is 3. The summed E-state index contributed by atoms with van der Waals surface area (Å²) in [5, 5.41) is 15.6. The van der Waals surface area contributed by atoms with Crippen LogP contribution in [0.2, 0.25) is 0 Å². The Bertz CT molecular complexity index is 640. The number of aliphatic hydroxyl groups is 1. The van der Waals surface area contributed by atoms with Crippen LogP contribution in [0.25, 0.3) is 0 Å². The molecule has 2 aromatic rings. The second-order valence-corrected chi connectivity index (χ2v) is 5.17. The molecule has 0 radical (unpaired) electrons. The lowest BCUT2D eigenvalue weighted by atomic mass is 10.1. The Labute approximate surface area is 123 Å². The van der Waals surface area contributed by atoms with E-state index in [4.69, 9.17) is 0 Å². The molecular formula is C17H18N2O2. The first-order valence-corrected chi connectivity index (χ1v) is 7.11. The maximum Gasteiger partial charge on any atom is 0.251 e. The number of aliphatic hydroxyl groups excluding tert-OH is 1. The number of carbonyl (C=O) groups is 1. The van der Waals surface area contributed by atoms with E-state index < -0.39 is 0 Å². The van der Waals surface area contributed by atoms with Gasteiger partial charge in [-0.3, -0.25) is 4.79 Å². The average molecular weight is 282 g/mol. The smallest absolute Gasteiger partial charge is 0.251 e. The van der Waals surface area contributed by atoms with Crippen LogP contribution in [0.1, 0.15) is 27.5 Å². The Morgan fingerprint density at radius 3 is 2.81 bits per heavy atom. The topological polar surface area (TPSA) is 61.4 Å². The van der Waals surface area contributed by atoms with Crippen LogP contribution in [0, 0.1) is 0 Å². The molecule has 1 aliphatic rings. The summed E-state index contributed by atoms with van der Waals surface area (Å²) in [6.07, 6.45) is 1.00. The Morgan fingerprint density at radius 2 is 2.05 bits per heavy atom. The summed E-state index contributed by atoms with van der Waals surface area (Å²) in [6, 6.07) is 14.8. The van der Waals surface area contributed by atoms with Crippen LogP contribution in [0.4, 0.5) is 5.69 Å². The van der Waals surface area contributed by atoms with Crippen LogP contribution < -0.4 is 10.6 Å². The molecule has 0 aromatic heterocycles. The van der Waals surface area contributed by atoms with E-state index in [9.17, 15) is 9.90 Å². The van der Waals surface area contributed by atoms with Gasteiger partial charge in [-0.05, 0) is 29.7 Å². The van der Waals surface area contributed by atoms with Gasteiger partial charge in [0.05, 0.1) is 12.6 Å². The van der Waals surface area contributed by atoms with E-state index in [2.05, 4.69) is 10.6 Å². The SMILES string of the molecule is O=C(N[C@@H](CO)c1ccccc1)c1ccc2c(c1)NCC2. The minimum atomic E-state index is -0.389. The highest BCUT2D eigenvalue weighted by Gasteiger charge is 2.17. The van der Waals surface area contributed by atoms with Crippen LogP contribution in [-0.2, 0) is 6.42 Å². The molecule has 2 aromatic carbocycles. The minimum absolute atomic E-state index is 0.126. The van der Waals surface area contributed by atoms with Crippen molar-refractivity contribution < 1.29 is 9.90 Å². The van der Waals surface area contributed by atoms with Crippen molar-refractivity contribution in [3.63, 3.8) is 0 Å². The third kappa shape index (κ3) is 2.90. The molecule has 3 N–H and O–H groups in total. The molecule has 0 bridgehead atoms. The number of carbonyl (C=O) groups excluding carboxylic acids is 1. The van der Waals surface area contributed by atoms with Crippen molar-refractivity contribution in [2.75, 3.05) is 18.5 Å². The maximum atomic E-state index is 12.3.